The average molecular weight is 312 g/mol. The van der Waals surface area contributed by atoms with Crippen molar-refractivity contribution in [3.8, 4) is 5.75 Å². The quantitative estimate of drug-likeness (QED) is 0.861. The van der Waals surface area contributed by atoms with Gasteiger partial charge in [0.05, 0.1) is 11.8 Å². The second-order valence-corrected chi connectivity index (χ2v) is 6.09. The lowest BCUT2D eigenvalue weighted by Gasteiger charge is -2.28. The van der Waals surface area contributed by atoms with Gasteiger partial charge in [0.25, 0.3) is 0 Å². The van der Waals surface area contributed by atoms with E-state index in [1.54, 1.807) is 6.20 Å². The van der Waals surface area contributed by atoms with E-state index in [0.29, 0.717) is 6.61 Å². The summed E-state index contributed by atoms with van der Waals surface area (Å²) in [7, 11) is 0. The van der Waals surface area contributed by atoms with Crippen LogP contribution in [0.1, 0.15) is 36.9 Å². The maximum atomic E-state index is 9.98. The molecule has 0 bridgehead atoms. The van der Waals surface area contributed by atoms with Crippen molar-refractivity contribution in [2.45, 2.75) is 51.0 Å². The van der Waals surface area contributed by atoms with E-state index < -0.39 is 0 Å². The number of nitrogens with zero attached hydrogens (tertiary/aromatic N) is 1. The summed E-state index contributed by atoms with van der Waals surface area (Å²) in [5, 5.41) is 13.4. The van der Waals surface area contributed by atoms with Crippen LogP contribution in [0.2, 0.25) is 0 Å². The Balaban J connectivity index is 1.47. The molecule has 2 aromatic rings. The van der Waals surface area contributed by atoms with Gasteiger partial charge in [0.1, 0.15) is 12.4 Å². The highest BCUT2D eigenvalue weighted by atomic mass is 16.5. The molecule has 2 N–H and O–H groups in total. The molecule has 0 aliphatic heterocycles. The molecule has 122 valence electrons. The SMILES string of the molecule is OC1CCCCC1NCc1ccc(OCc2ccccn2)cc1. The number of rotatable bonds is 6. The van der Waals surface area contributed by atoms with Gasteiger partial charge in [0.15, 0.2) is 0 Å². The molecule has 0 radical (unpaired) electrons. The molecule has 1 heterocycles. The highest BCUT2D eigenvalue weighted by Crippen LogP contribution is 2.19. The number of pyridine rings is 1. The molecule has 1 saturated carbocycles. The minimum Gasteiger partial charge on any atom is -0.487 e. The number of aliphatic hydroxyl groups excluding tert-OH is 1. The van der Waals surface area contributed by atoms with E-state index in [1.165, 1.54) is 12.0 Å². The first kappa shape index (κ1) is 16.0. The molecule has 3 rings (SSSR count). The second-order valence-electron chi connectivity index (χ2n) is 6.09. The Hall–Kier alpha value is -1.91. The average Bonchev–Trinajstić information content (AvgIpc) is 2.61. The number of benzene rings is 1. The van der Waals surface area contributed by atoms with Crippen LogP contribution in [-0.4, -0.2) is 22.2 Å². The number of ether oxygens (including phenoxy) is 1. The number of hydrogen-bond acceptors (Lipinski definition) is 4. The van der Waals surface area contributed by atoms with Crippen molar-refractivity contribution in [3.05, 3.63) is 59.9 Å². The fourth-order valence-electron chi connectivity index (χ4n) is 2.94. The van der Waals surface area contributed by atoms with Gasteiger partial charge in [-0.2, -0.15) is 0 Å². The van der Waals surface area contributed by atoms with E-state index in [1.807, 2.05) is 30.3 Å². The van der Waals surface area contributed by atoms with Crippen molar-refractivity contribution in [2.75, 3.05) is 0 Å². The summed E-state index contributed by atoms with van der Waals surface area (Å²) in [6, 6.07) is 14.1. The monoisotopic (exact) mass is 312 g/mol. The lowest BCUT2D eigenvalue weighted by atomic mass is 9.92. The van der Waals surface area contributed by atoms with Gasteiger partial charge in [0.2, 0.25) is 0 Å². The van der Waals surface area contributed by atoms with Crippen LogP contribution >= 0.6 is 0 Å². The topological polar surface area (TPSA) is 54.4 Å². The Morgan fingerprint density at radius 3 is 2.65 bits per heavy atom. The van der Waals surface area contributed by atoms with Gasteiger partial charge in [0, 0.05) is 18.8 Å². The number of aromatic nitrogens is 1. The fourth-order valence-corrected chi connectivity index (χ4v) is 2.94. The molecule has 1 fully saturated rings. The summed E-state index contributed by atoms with van der Waals surface area (Å²) < 4.78 is 5.74. The number of aliphatic hydroxyl groups is 1. The van der Waals surface area contributed by atoms with Crippen LogP contribution in [0.5, 0.6) is 5.75 Å². The summed E-state index contributed by atoms with van der Waals surface area (Å²) in [6.45, 7) is 1.26. The van der Waals surface area contributed by atoms with Crippen molar-refractivity contribution in [3.63, 3.8) is 0 Å². The van der Waals surface area contributed by atoms with Crippen LogP contribution in [0.4, 0.5) is 0 Å². The largest absolute Gasteiger partial charge is 0.487 e. The van der Waals surface area contributed by atoms with Crippen molar-refractivity contribution >= 4 is 0 Å². The van der Waals surface area contributed by atoms with Crippen LogP contribution in [0.15, 0.2) is 48.7 Å². The molecule has 23 heavy (non-hydrogen) atoms. The first-order valence-electron chi connectivity index (χ1n) is 8.34. The summed E-state index contributed by atoms with van der Waals surface area (Å²) in [5.74, 6) is 0.845. The summed E-state index contributed by atoms with van der Waals surface area (Å²) >= 11 is 0. The molecule has 1 aliphatic carbocycles. The molecule has 4 nitrogen and oxygen atoms in total. The van der Waals surface area contributed by atoms with Gasteiger partial charge in [-0.05, 0) is 42.7 Å². The molecule has 0 spiro atoms. The van der Waals surface area contributed by atoms with Gasteiger partial charge in [-0.25, -0.2) is 0 Å². The van der Waals surface area contributed by atoms with Crippen LogP contribution < -0.4 is 10.1 Å². The van der Waals surface area contributed by atoms with E-state index in [9.17, 15) is 5.11 Å². The third kappa shape index (κ3) is 4.78. The predicted octanol–water partition coefficient (Wildman–Crippen LogP) is 3.05. The van der Waals surface area contributed by atoms with Gasteiger partial charge in [-0.15, -0.1) is 0 Å². The minimum absolute atomic E-state index is 0.204. The van der Waals surface area contributed by atoms with E-state index >= 15 is 0 Å². The third-order valence-electron chi connectivity index (χ3n) is 4.33. The van der Waals surface area contributed by atoms with Crippen molar-refractivity contribution in [1.29, 1.82) is 0 Å². The minimum atomic E-state index is -0.204. The number of nitrogens with one attached hydrogen (secondary N) is 1. The Morgan fingerprint density at radius 1 is 1.09 bits per heavy atom. The molecule has 2 atom stereocenters. The molecule has 1 aromatic carbocycles. The summed E-state index contributed by atoms with van der Waals surface area (Å²) in [4.78, 5) is 4.24. The van der Waals surface area contributed by atoms with Gasteiger partial charge in [-0.1, -0.05) is 31.0 Å². The highest BCUT2D eigenvalue weighted by Gasteiger charge is 2.21. The van der Waals surface area contributed by atoms with E-state index in [0.717, 1.165) is 37.3 Å². The molecule has 0 saturated heterocycles. The Kier molecular flexibility index (Phi) is 5.61. The highest BCUT2D eigenvalue weighted by molar-refractivity contribution is 5.27. The lowest BCUT2D eigenvalue weighted by Crippen LogP contribution is -2.41. The zero-order valence-corrected chi connectivity index (χ0v) is 13.3. The van der Waals surface area contributed by atoms with Crippen LogP contribution in [0, 0.1) is 0 Å². The van der Waals surface area contributed by atoms with E-state index in [2.05, 4.69) is 22.4 Å². The standard InChI is InChI=1S/C19H24N2O2/c22-19-7-2-1-6-18(19)21-13-15-8-10-17(11-9-15)23-14-16-5-3-4-12-20-16/h3-5,8-12,18-19,21-22H,1-2,6-7,13-14H2. The van der Waals surface area contributed by atoms with Crippen molar-refractivity contribution in [1.82, 2.24) is 10.3 Å². The predicted molar refractivity (Wildman–Crippen MR) is 90.1 cm³/mol. The first-order chi connectivity index (χ1) is 11.3. The second kappa shape index (κ2) is 8.09. The third-order valence-corrected chi connectivity index (χ3v) is 4.33. The molecule has 1 aromatic heterocycles. The van der Waals surface area contributed by atoms with Crippen LogP contribution in [0.25, 0.3) is 0 Å². The lowest BCUT2D eigenvalue weighted by molar-refractivity contribution is 0.0902. The Morgan fingerprint density at radius 2 is 1.91 bits per heavy atom. The summed E-state index contributed by atoms with van der Waals surface area (Å²) in [6.07, 6.45) is 5.89. The van der Waals surface area contributed by atoms with Gasteiger partial charge >= 0.3 is 0 Å². The molecule has 0 amide bonds. The smallest absolute Gasteiger partial charge is 0.130 e. The summed E-state index contributed by atoms with van der Waals surface area (Å²) in [5.41, 5.74) is 2.12. The zero-order valence-electron chi connectivity index (χ0n) is 13.3. The molecule has 2 unspecified atom stereocenters. The molecule has 4 heteroatoms. The molecular formula is C19H24N2O2. The maximum absolute atomic E-state index is 9.98. The maximum Gasteiger partial charge on any atom is 0.130 e. The number of hydrogen-bond donors (Lipinski definition) is 2. The Bertz CT molecular complexity index is 586. The molecular weight excluding hydrogens is 288 g/mol. The van der Waals surface area contributed by atoms with E-state index in [-0.39, 0.29) is 12.1 Å². The van der Waals surface area contributed by atoms with Gasteiger partial charge < -0.3 is 15.2 Å². The van der Waals surface area contributed by atoms with Crippen LogP contribution in [-0.2, 0) is 13.2 Å². The fraction of sp³-hybridized carbons (Fsp3) is 0.421. The van der Waals surface area contributed by atoms with Crippen LogP contribution in [0.3, 0.4) is 0 Å². The van der Waals surface area contributed by atoms with Crippen molar-refractivity contribution < 1.29 is 9.84 Å². The van der Waals surface area contributed by atoms with Gasteiger partial charge in [-0.3, -0.25) is 4.98 Å². The zero-order chi connectivity index (χ0) is 15.9. The van der Waals surface area contributed by atoms with Crippen molar-refractivity contribution in [2.24, 2.45) is 0 Å². The van der Waals surface area contributed by atoms with E-state index in [4.69, 9.17) is 4.74 Å². The normalized spacial score (nSPS) is 21.1. The first-order valence-corrected chi connectivity index (χ1v) is 8.34. The molecule has 1 aliphatic rings. The Labute approximate surface area is 137 Å².